The Morgan fingerprint density at radius 3 is 2.68 bits per heavy atom. The molecule has 1 amide bonds. The first kappa shape index (κ1) is 21.8. The monoisotopic (exact) mass is 460 g/mol. The summed E-state index contributed by atoms with van der Waals surface area (Å²) < 4.78 is 19.6. The van der Waals surface area contributed by atoms with Crippen molar-refractivity contribution < 1.29 is 13.9 Å². The van der Waals surface area contributed by atoms with E-state index < -0.39 is 11.9 Å². The van der Waals surface area contributed by atoms with Gasteiger partial charge in [-0.3, -0.25) is 9.78 Å². The third kappa shape index (κ3) is 4.63. The van der Waals surface area contributed by atoms with Gasteiger partial charge in [0, 0.05) is 36.3 Å². The fourth-order valence-corrected chi connectivity index (χ4v) is 4.78. The summed E-state index contributed by atoms with van der Waals surface area (Å²) in [6.07, 6.45) is 3.23. The molecule has 2 aromatic carbocycles. The van der Waals surface area contributed by atoms with Gasteiger partial charge in [-0.05, 0) is 61.6 Å². The van der Waals surface area contributed by atoms with E-state index >= 15 is 0 Å². The van der Waals surface area contributed by atoms with Crippen molar-refractivity contribution in [1.29, 1.82) is 0 Å². The van der Waals surface area contributed by atoms with E-state index in [1.165, 1.54) is 12.1 Å². The maximum absolute atomic E-state index is 13.6. The van der Waals surface area contributed by atoms with Gasteiger partial charge in [0.15, 0.2) is 6.10 Å². The Kier molecular flexibility index (Phi) is 6.35. The smallest absolute Gasteiger partial charge is 0.263 e. The lowest BCUT2D eigenvalue weighted by Gasteiger charge is -2.32. The van der Waals surface area contributed by atoms with E-state index in [0.29, 0.717) is 22.7 Å². The Morgan fingerprint density at radius 1 is 1.23 bits per heavy atom. The number of ether oxygens (including phenoxy) is 1. The highest BCUT2D eigenvalue weighted by Crippen LogP contribution is 2.39. The summed E-state index contributed by atoms with van der Waals surface area (Å²) in [5.74, 6) is 0.574. The van der Waals surface area contributed by atoms with Crippen LogP contribution in [0.4, 0.5) is 4.39 Å². The van der Waals surface area contributed by atoms with Crippen LogP contribution in [0.1, 0.15) is 26.7 Å². The van der Waals surface area contributed by atoms with Crippen LogP contribution < -0.4 is 4.74 Å². The van der Waals surface area contributed by atoms with Gasteiger partial charge in [-0.2, -0.15) is 0 Å². The molecule has 0 N–H and O–H groups in total. The van der Waals surface area contributed by atoms with Gasteiger partial charge in [0.05, 0.1) is 15.6 Å². The Morgan fingerprint density at radius 2 is 1.97 bits per heavy atom. The van der Waals surface area contributed by atoms with Gasteiger partial charge in [0.1, 0.15) is 11.6 Å². The first-order valence-corrected chi connectivity index (χ1v) is 11.1. The minimum absolute atomic E-state index is 0.00164. The number of benzene rings is 2. The van der Waals surface area contributed by atoms with Gasteiger partial charge in [-0.25, -0.2) is 4.39 Å². The highest BCUT2D eigenvalue weighted by atomic mass is 35.5. The Balaban J connectivity index is 1.60. The van der Waals surface area contributed by atoms with Gasteiger partial charge in [0.25, 0.3) is 5.91 Å². The summed E-state index contributed by atoms with van der Waals surface area (Å²) in [6, 6.07) is 9.69. The number of hydrogen-bond donors (Lipinski definition) is 0. The molecule has 4 rings (SSSR count). The molecule has 1 fully saturated rings. The van der Waals surface area contributed by atoms with E-state index in [4.69, 9.17) is 27.9 Å². The summed E-state index contributed by atoms with van der Waals surface area (Å²) in [5, 5.41) is 1.26. The number of likely N-dealkylation sites (tertiary alicyclic amines) is 1. The third-order valence-electron chi connectivity index (χ3n) is 5.62. The second-order valence-electron chi connectivity index (χ2n) is 8.07. The van der Waals surface area contributed by atoms with Crippen LogP contribution in [0, 0.1) is 11.7 Å². The number of rotatable bonds is 4. The summed E-state index contributed by atoms with van der Waals surface area (Å²) in [4.78, 5) is 19.1. The fraction of sp³-hybridized carbons (Fsp3) is 0.333. The first-order valence-electron chi connectivity index (χ1n) is 10.3. The molecule has 0 spiro atoms. The molecule has 1 aromatic heterocycles. The zero-order valence-electron chi connectivity index (χ0n) is 17.4. The molecule has 0 radical (unpaired) electrons. The molecule has 1 saturated heterocycles. The van der Waals surface area contributed by atoms with Crippen LogP contribution in [-0.4, -0.2) is 35.0 Å². The molecule has 7 heteroatoms. The second kappa shape index (κ2) is 9.01. The number of pyridine rings is 1. The van der Waals surface area contributed by atoms with Crippen molar-refractivity contribution in [1.82, 2.24) is 9.88 Å². The minimum Gasteiger partial charge on any atom is -0.481 e. The quantitative estimate of drug-likeness (QED) is 0.453. The van der Waals surface area contributed by atoms with Gasteiger partial charge in [0.2, 0.25) is 0 Å². The van der Waals surface area contributed by atoms with Gasteiger partial charge >= 0.3 is 0 Å². The fourth-order valence-electron chi connectivity index (χ4n) is 4.12. The lowest BCUT2D eigenvalue weighted by Crippen LogP contribution is -2.45. The first-order chi connectivity index (χ1) is 14.8. The van der Waals surface area contributed by atoms with E-state index in [0.717, 1.165) is 36.9 Å². The molecule has 0 bridgehead atoms. The molecule has 0 aliphatic carbocycles. The number of hydrogen-bond acceptors (Lipinski definition) is 3. The zero-order chi connectivity index (χ0) is 22.1. The number of nitrogens with zero attached hydrogens (tertiary/aromatic N) is 2. The zero-order valence-corrected chi connectivity index (χ0v) is 18.9. The maximum Gasteiger partial charge on any atom is 0.263 e. The number of piperidine rings is 1. The Bertz CT molecular complexity index is 1110. The molecular weight excluding hydrogens is 438 g/mol. The van der Waals surface area contributed by atoms with Crippen molar-refractivity contribution >= 4 is 40.0 Å². The molecule has 1 aliphatic heterocycles. The molecule has 0 saturated carbocycles. The average Bonchev–Trinajstić information content (AvgIpc) is 2.72. The second-order valence-corrected chi connectivity index (χ2v) is 8.89. The number of carbonyl (C=O) groups is 1. The molecule has 162 valence electrons. The molecular formula is C24H23Cl2FN2O2. The largest absolute Gasteiger partial charge is 0.481 e. The summed E-state index contributed by atoms with van der Waals surface area (Å²) in [7, 11) is 0. The minimum atomic E-state index is -0.591. The molecule has 4 nitrogen and oxygen atoms in total. The van der Waals surface area contributed by atoms with Crippen molar-refractivity contribution in [3.8, 4) is 16.9 Å². The van der Waals surface area contributed by atoms with E-state index in [9.17, 15) is 9.18 Å². The van der Waals surface area contributed by atoms with Crippen molar-refractivity contribution in [3.63, 3.8) is 0 Å². The van der Waals surface area contributed by atoms with Crippen LogP contribution in [0.5, 0.6) is 5.75 Å². The van der Waals surface area contributed by atoms with Crippen molar-refractivity contribution in [3.05, 3.63) is 58.5 Å². The normalized spacial score (nSPS) is 17.6. The van der Waals surface area contributed by atoms with Crippen LogP contribution >= 0.6 is 23.2 Å². The average molecular weight is 461 g/mol. The van der Waals surface area contributed by atoms with Gasteiger partial charge in [-0.1, -0.05) is 30.1 Å². The number of carbonyl (C=O) groups excluding carboxylic acids is 1. The SMILES string of the molecule is CC1CCCN(C(=O)C(C)Oc2ccc3c(-c4c(Cl)cc(F)cc4Cl)ccnc3c2)C1. The predicted octanol–water partition coefficient (Wildman–Crippen LogP) is 6.37. The predicted molar refractivity (Wildman–Crippen MR) is 122 cm³/mol. The number of aromatic nitrogens is 1. The lowest BCUT2D eigenvalue weighted by molar-refractivity contribution is -0.139. The van der Waals surface area contributed by atoms with Crippen LogP contribution in [-0.2, 0) is 4.79 Å². The van der Waals surface area contributed by atoms with E-state index in [2.05, 4.69) is 11.9 Å². The van der Waals surface area contributed by atoms with E-state index in [1.807, 2.05) is 11.0 Å². The molecule has 2 heterocycles. The van der Waals surface area contributed by atoms with Gasteiger partial charge in [-0.15, -0.1) is 0 Å². The van der Waals surface area contributed by atoms with Crippen molar-refractivity contribution in [2.75, 3.05) is 13.1 Å². The van der Waals surface area contributed by atoms with Crippen molar-refractivity contribution in [2.24, 2.45) is 5.92 Å². The van der Waals surface area contributed by atoms with Crippen molar-refractivity contribution in [2.45, 2.75) is 32.8 Å². The summed E-state index contributed by atoms with van der Waals surface area (Å²) in [5.41, 5.74) is 1.96. The number of fused-ring (bicyclic) bond motifs is 1. The van der Waals surface area contributed by atoms with Crippen LogP contribution in [0.3, 0.4) is 0 Å². The number of halogens is 3. The van der Waals surface area contributed by atoms with Gasteiger partial charge < -0.3 is 9.64 Å². The van der Waals surface area contributed by atoms with Crippen LogP contribution in [0.2, 0.25) is 10.0 Å². The lowest BCUT2D eigenvalue weighted by atomic mass is 10.00. The third-order valence-corrected chi connectivity index (χ3v) is 6.22. The standard InChI is InChI=1S/C24H23Cl2FN2O2/c1-14-4-3-9-29(13-14)24(30)15(2)31-17-5-6-18-19(7-8-28-22(18)12-17)23-20(25)10-16(27)11-21(23)26/h5-8,10-12,14-15H,3-4,9,13H2,1-2H3. The molecule has 2 unspecified atom stereocenters. The molecule has 31 heavy (non-hydrogen) atoms. The number of amides is 1. The maximum atomic E-state index is 13.6. The molecule has 2 atom stereocenters. The van der Waals surface area contributed by atoms with Crippen LogP contribution in [0.25, 0.3) is 22.0 Å². The van der Waals surface area contributed by atoms with E-state index in [1.54, 1.807) is 31.3 Å². The highest BCUT2D eigenvalue weighted by Gasteiger charge is 2.26. The summed E-state index contributed by atoms with van der Waals surface area (Å²) >= 11 is 12.6. The molecule has 3 aromatic rings. The molecule has 1 aliphatic rings. The Hall–Kier alpha value is -2.37. The highest BCUT2D eigenvalue weighted by molar-refractivity contribution is 6.39. The summed E-state index contributed by atoms with van der Waals surface area (Å²) in [6.45, 7) is 5.48. The van der Waals surface area contributed by atoms with Crippen LogP contribution in [0.15, 0.2) is 42.6 Å². The van der Waals surface area contributed by atoms with E-state index in [-0.39, 0.29) is 16.0 Å². The topological polar surface area (TPSA) is 42.4 Å². The Labute approximate surface area is 190 Å².